The van der Waals surface area contributed by atoms with E-state index in [4.69, 9.17) is 0 Å². The predicted molar refractivity (Wildman–Crippen MR) is 67.3 cm³/mol. The van der Waals surface area contributed by atoms with Crippen molar-refractivity contribution in [2.45, 2.75) is 6.54 Å². The van der Waals surface area contributed by atoms with Gasteiger partial charge in [-0.25, -0.2) is 0 Å². The second kappa shape index (κ2) is 5.54. The summed E-state index contributed by atoms with van der Waals surface area (Å²) in [6, 6.07) is 7.30. The minimum atomic E-state index is -0.163. The van der Waals surface area contributed by atoms with Crippen LogP contribution in [0.2, 0.25) is 0 Å². The van der Waals surface area contributed by atoms with Crippen molar-refractivity contribution in [3.8, 4) is 0 Å². The van der Waals surface area contributed by atoms with Crippen LogP contribution in [0, 0.1) is 0 Å². The van der Waals surface area contributed by atoms with Crippen molar-refractivity contribution in [1.29, 1.82) is 0 Å². The molecule has 2 aromatic rings. The van der Waals surface area contributed by atoms with Crippen LogP contribution in [0.3, 0.4) is 0 Å². The highest BCUT2D eigenvalue weighted by molar-refractivity contribution is 9.10. The Bertz CT molecular complexity index is 516. The molecule has 0 unspecified atom stereocenters. The van der Waals surface area contributed by atoms with Gasteiger partial charge in [0, 0.05) is 23.1 Å². The van der Waals surface area contributed by atoms with Crippen LogP contribution in [0.15, 0.2) is 47.3 Å². The minimum absolute atomic E-state index is 0.163. The summed E-state index contributed by atoms with van der Waals surface area (Å²) >= 11 is 3.27. The summed E-state index contributed by atoms with van der Waals surface area (Å²) in [5, 5.41) is 2.78. The average Bonchev–Trinajstić information content (AvgIpc) is 2.37. The van der Waals surface area contributed by atoms with E-state index in [0.29, 0.717) is 12.1 Å². The molecule has 86 valence electrons. The largest absolute Gasteiger partial charge is 0.346 e. The molecule has 1 amide bonds. The summed E-state index contributed by atoms with van der Waals surface area (Å²) in [6.07, 6.45) is 4.86. The molecular formula is C12H10BrN3O. The van der Waals surface area contributed by atoms with Crippen LogP contribution in [-0.2, 0) is 6.54 Å². The maximum atomic E-state index is 11.8. The Kier molecular flexibility index (Phi) is 3.82. The number of hydrogen-bond donors (Lipinski definition) is 1. The van der Waals surface area contributed by atoms with Gasteiger partial charge in [0.15, 0.2) is 0 Å². The number of pyridine rings is 2. The molecule has 0 aliphatic carbocycles. The number of amides is 1. The van der Waals surface area contributed by atoms with Gasteiger partial charge >= 0.3 is 0 Å². The van der Waals surface area contributed by atoms with Crippen molar-refractivity contribution in [2.75, 3.05) is 0 Å². The molecule has 2 heterocycles. The predicted octanol–water partition coefficient (Wildman–Crippen LogP) is 2.17. The first-order valence-electron chi connectivity index (χ1n) is 5.04. The Hall–Kier alpha value is -1.75. The van der Waals surface area contributed by atoms with Gasteiger partial charge in [-0.05, 0) is 34.1 Å². The van der Waals surface area contributed by atoms with E-state index < -0.39 is 0 Å². The van der Waals surface area contributed by atoms with Gasteiger partial charge in [0.2, 0.25) is 0 Å². The fourth-order valence-electron chi connectivity index (χ4n) is 1.31. The molecule has 0 saturated carbocycles. The van der Waals surface area contributed by atoms with E-state index >= 15 is 0 Å². The minimum Gasteiger partial charge on any atom is -0.346 e. The smallest absolute Gasteiger partial charge is 0.253 e. The Balaban J connectivity index is 1.98. The first kappa shape index (κ1) is 11.7. The number of rotatable bonds is 3. The van der Waals surface area contributed by atoms with Gasteiger partial charge in [-0.15, -0.1) is 0 Å². The third-order valence-corrected chi connectivity index (χ3v) is 2.56. The molecule has 0 atom stereocenters. The van der Waals surface area contributed by atoms with Crippen molar-refractivity contribution in [2.24, 2.45) is 0 Å². The van der Waals surface area contributed by atoms with Crippen molar-refractivity contribution in [3.63, 3.8) is 0 Å². The molecule has 4 nitrogen and oxygen atoms in total. The van der Waals surface area contributed by atoms with Crippen LogP contribution >= 0.6 is 15.9 Å². The highest BCUT2D eigenvalue weighted by Crippen LogP contribution is 2.09. The SMILES string of the molecule is O=C(NCc1ccccn1)c1cncc(Br)c1. The van der Waals surface area contributed by atoms with Gasteiger partial charge in [0.05, 0.1) is 17.8 Å². The molecule has 17 heavy (non-hydrogen) atoms. The Morgan fingerprint density at radius 3 is 2.94 bits per heavy atom. The monoisotopic (exact) mass is 291 g/mol. The van der Waals surface area contributed by atoms with Crippen LogP contribution in [0.4, 0.5) is 0 Å². The molecule has 5 heteroatoms. The van der Waals surface area contributed by atoms with Crippen LogP contribution in [-0.4, -0.2) is 15.9 Å². The van der Waals surface area contributed by atoms with Crippen LogP contribution in [0.1, 0.15) is 16.1 Å². The van der Waals surface area contributed by atoms with Crippen molar-refractivity contribution in [1.82, 2.24) is 15.3 Å². The van der Waals surface area contributed by atoms with Crippen LogP contribution in [0.5, 0.6) is 0 Å². The molecule has 1 N–H and O–H groups in total. The first-order valence-corrected chi connectivity index (χ1v) is 5.83. The maximum Gasteiger partial charge on any atom is 0.253 e. The van der Waals surface area contributed by atoms with Crippen LogP contribution in [0.25, 0.3) is 0 Å². The summed E-state index contributed by atoms with van der Waals surface area (Å²) in [7, 11) is 0. The van der Waals surface area contributed by atoms with Crippen molar-refractivity contribution >= 4 is 21.8 Å². The van der Waals surface area contributed by atoms with E-state index in [0.717, 1.165) is 10.2 Å². The van der Waals surface area contributed by atoms with E-state index in [1.165, 1.54) is 6.20 Å². The number of aromatic nitrogens is 2. The summed E-state index contributed by atoms with van der Waals surface area (Å²) in [5.41, 5.74) is 1.35. The Morgan fingerprint density at radius 2 is 2.24 bits per heavy atom. The molecular weight excluding hydrogens is 282 g/mol. The van der Waals surface area contributed by atoms with Crippen LogP contribution < -0.4 is 5.32 Å². The van der Waals surface area contributed by atoms with Crippen molar-refractivity contribution in [3.05, 3.63) is 58.6 Å². The quantitative estimate of drug-likeness (QED) is 0.943. The molecule has 0 aromatic carbocycles. The zero-order chi connectivity index (χ0) is 12.1. The molecule has 0 radical (unpaired) electrons. The second-order valence-electron chi connectivity index (χ2n) is 3.40. The number of carbonyl (C=O) groups excluding carboxylic acids is 1. The van der Waals surface area contributed by atoms with Gasteiger partial charge < -0.3 is 5.32 Å². The second-order valence-corrected chi connectivity index (χ2v) is 4.31. The molecule has 0 saturated heterocycles. The summed E-state index contributed by atoms with van der Waals surface area (Å²) in [4.78, 5) is 19.8. The molecule has 0 fully saturated rings. The zero-order valence-electron chi connectivity index (χ0n) is 8.93. The van der Waals surface area contributed by atoms with Gasteiger partial charge in [-0.2, -0.15) is 0 Å². The first-order chi connectivity index (χ1) is 8.25. The Labute approximate surface area is 107 Å². The van der Waals surface area contributed by atoms with Gasteiger partial charge in [0.25, 0.3) is 5.91 Å². The number of nitrogens with one attached hydrogen (secondary N) is 1. The zero-order valence-corrected chi connectivity index (χ0v) is 10.5. The highest BCUT2D eigenvalue weighted by Gasteiger charge is 2.06. The number of halogens is 1. The number of nitrogens with zero attached hydrogens (tertiary/aromatic N) is 2. The molecule has 0 bridgehead atoms. The topological polar surface area (TPSA) is 54.9 Å². The molecule has 0 aliphatic heterocycles. The molecule has 0 spiro atoms. The highest BCUT2D eigenvalue weighted by atomic mass is 79.9. The lowest BCUT2D eigenvalue weighted by Gasteiger charge is -2.04. The average molecular weight is 292 g/mol. The normalized spacial score (nSPS) is 9.94. The van der Waals surface area contributed by atoms with Gasteiger partial charge in [-0.3, -0.25) is 14.8 Å². The van der Waals surface area contributed by atoms with Gasteiger partial charge in [-0.1, -0.05) is 6.07 Å². The van der Waals surface area contributed by atoms with Crippen molar-refractivity contribution < 1.29 is 4.79 Å². The number of carbonyl (C=O) groups is 1. The third kappa shape index (κ3) is 3.35. The lowest BCUT2D eigenvalue weighted by atomic mass is 10.2. The third-order valence-electron chi connectivity index (χ3n) is 2.12. The molecule has 2 rings (SSSR count). The lowest BCUT2D eigenvalue weighted by molar-refractivity contribution is 0.0950. The fraction of sp³-hybridized carbons (Fsp3) is 0.0833. The molecule has 2 aromatic heterocycles. The fourth-order valence-corrected chi connectivity index (χ4v) is 1.68. The van der Waals surface area contributed by atoms with E-state index in [9.17, 15) is 4.79 Å². The lowest BCUT2D eigenvalue weighted by Crippen LogP contribution is -2.23. The Morgan fingerprint density at radius 1 is 1.35 bits per heavy atom. The van der Waals surface area contributed by atoms with E-state index in [2.05, 4.69) is 31.2 Å². The summed E-state index contributed by atoms with van der Waals surface area (Å²) < 4.78 is 0.781. The van der Waals surface area contributed by atoms with E-state index in [-0.39, 0.29) is 5.91 Å². The summed E-state index contributed by atoms with van der Waals surface area (Å²) in [6.45, 7) is 0.409. The summed E-state index contributed by atoms with van der Waals surface area (Å²) in [5.74, 6) is -0.163. The maximum absolute atomic E-state index is 11.8. The van der Waals surface area contributed by atoms with E-state index in [1.54, 1.807) is 18.5 Å². The van der Waals surface area contributed by atoms with E-state index in [1.807, 2.05) is 18.2 Å². The van der Waals surface area contributed by atoms with Gasteiger partial charge in [0.1, 0.15) is 0 Å². The number of hydrogen-bond acceptors (Lipinski definition) is 3. The molecule has 0 aliphatic rings. The standard InChI is InChI=1S/C12H10BrN3O/c13-10-5-9(6-14-7-10)12(17)16-8-11-3-1-2-4-15-11/h1-7H,8H2,(H,16,17).